The molecule has 25 heavy (non-hydrogen) atoms. The quantitative estimate of drug-likeness (QED) is 0.369. The number of nitrogens with one attached hydrogen (secondary N) is 3. The van der Waals surface area contributed by atoms with Crippen LogP contribution >= 0.6 is 0 Å². The average molecular weight is 456 g/mol. The molecule has 0 spiro atoms. The maximum atomic E-state index is 5.64. The Morgan fingerprint density at radius 3 is 1.08 bits per heavy atom. The first kappa shape index (κ1) is 28.4. The fourth-order valence-corrected chi connectivity index (χ4v) is 9.67. The molecule has 0 aromatic heterocycles. The Kier molecular flexibility index (Phi) is 12.0. The summed E-state index contributed by atoms with van der Waals surface area (Å²) in [5, 5.41) is 0. The highest BCUT2D eigenvalue weighted by Gasteiger charge is 2.40. The van der Waals surface area contributed by atoms with Gasteiger partial charge in [0.1, 0.15) is 50.7 Å². The van der Waals surface area contributed by atoms with Gasteiger partial charge in [0.15, 0.2) is 0 Å². The molecule has 0 fully saturated rings. The van der Waals surface area contributed by atoms with E-state index in [0.717, 1.165) is 16.5 Å². The van der Waals surface area contributed by atoms with Crippen LogP contribution in [0.4, 0.5) is 0 Å². The van der Waals surface area contributed by atoms with Crippen molar-refractivity contribution < 1.29 is 4.12 Å². The van der Waals surface area contributed by atoms with Gasteiger partial charge >= 0.3 is 0 Å². The highest BCUT2D eigenvalue weighted by Crippen LogP contribution is 2.16. The van der Waals surface area contributed by atoms with Crippen molar-refractivity contribution in [1.82, 2.24) is 14.9 Å². The highest BCUT2D eigenvalue weighted by molar-refractivity contribution is 6.77. The molecule has 0 rings (SSSR count). The minimum absolute atomic E-state index is 0.101. The minimum atomic E-state index is -1.39. The molecular formula is C15H49N3OSi6. The van der Waals surface area contributed by atoms with E-state index in [1.807, 2.05) is 0 Å². The summed E-state index contributed by atoms with van der Waals surface area (Å²) >= 11 is 0. The number of rotatable bonds is 9. The zero-order valence-corrected chi connectivity index (χ0v) is 27.2. The fraction of sp³-hybridized carbons (Fsp3) is 1.00. The SMILES string of the molecule is C[Si](C)(C)C.C[Si](C)(C)NC(C[SiH2]O[SiH3])(N[Si](C)(C)C)N[Si](C)(C)C. The van der Waals surface area contributed by atoms with Crippen LogP contribution in [0.3, 0.4) is 0 Å². The molecule has 4 nitrogen and oxygen atoms in total. The lowest BCUT2D eigenvalue weighted by molar-refractivity contribution is 0.352. The molecule has 3 N–H and O–H groups in total. The summed E-state index contributed by atoms with van der Waals surface area (Å²) in [6.07, 6.45) is 0. The molecular weight excluding hydrogens is 407 g/mol. The molecule has 0 amide bonds. The van der Waals surface area contributed by atoms with E-state index in [-0.39, 0.29) is 5.79 Å². The first-order chi connectivity index (χ1) is 10.7. The van der Waals surface area contributed by atoms with Crippen LogP contribution < -0.4 is 14.9 Å². The van der Waals surface area contributed by atoms with Crippen molar-refractivity contribution >= 4 is 53.0 Å². The predicted molar refractivity (Wildman–Crippen MR) is 136 cm³/mol. The summed E-state index contributed by atoms with van der Waals surface area (Å²) < 4.78 is 5.64. The van der Waals surface area contributed by atoms with Crippen molar-refractivity contribution in [3.63, 3.8) is 0 Å². The number of hydrogen-bond acceptors (Lipinski definition) is 4. The third-order valence-electron chi connectivity index (χ3n) is 2.45. The minimum Gasteiger partial charge on any atom is -0.468 e. The number of hydrogen-bond donors (Lipinski definition) is 3. The van der Waals surface area contributed by atoms with Gasteiger partial charge in [-0.3, -0.25) is 0 Å². The van der Waals surface area contributed by atoms with Gasteiger partial charge in [0.25, 0.3) is 0 Å². The van der Waals surface area contributed by atoms with E-state index in [4.69, 9.17) is 4.12 Å². The third-order valence-corrected chi connectivity index (χ3v) is 8.56. The van der Waals surface area contributed by atoms with Crippen LogP contribution in [0, 0.1) is 0 Å². The van der Waals surface area contributed by atoms with Gasteiger partial charge in [0, 0.05) is 14.1 Å². The van der Waals surface area contributed by atoms with Crippen molar-refractivity contribution in [2.24, 2.45) is 0 Å². The topological polar surface area (TPSA) is 45.3 Å². The first-order valence-corrected chi connectivity index (χ1v) is 26.4. The second kappa shape index (κ2) is 10.6. The van der Waals surface area contributed by atoms with Crippen molar-refractivity contribution in [2.45, 2.75) is 96.9 Å². The van der Waals surface area contributed by atoms with Crippen molar-refractivity contribution in [3.8, 4) is 0 Å². The summed E-state index contributed by atoms with van der Waals surface area (Å²) in [5.74, 6) is -0.101. The van der Waals surface area contributed by atoms with Gasteiger partial charge in [0.05, 0.1) is 0 Å². The molecule has 0 aromatic carbocycles. The lowest BCUT2D eigenvalue weighted by Gasteiger charge is -2.48. The van der Waals surface area contributed by atoms with Gasteiger partial charge in [-0.2, -0.15) is 0 Å². The smallest absolute Gasteiger partial charge is 0.150 e. The third kappa shape index (κ3) is 23.1. The lowest BCUT2D eigenvalue weighted by Crippen LogP contribution is -2.79. The van der Waals surface area contributed by atoms with Crippen LogP contribution in [0.5, 0.6) is 0 Å². The molecule has 0 unspecified atom stereocenters. The van der Waals surface area contributed by atoms with E-state index in [1.165, 1.54) is 0 Å². The predicted octanol–water partition coefficient (Wildman–Crippen LogP) is 2.67. The van der Waals surface area contributed by atoms with Gasteiger partial charge < -0.3 is 19.1 Å². The molecule has 10 heteroatoms. The van der Waals surface area contributed by atoms with Crippen molar-refractivity contribution in [2.75, 3.05) is 0 Å². The zero-order chi connectivity index (χ0) is 20.7. The van der Waals surface area contributed by atoms with E-state index in [0.29, 0.717) is 0 Å². The molecule has 0 saturated carbocycles. The van der Waals surface area contributed by atoms with Crippen LogP contribution in [0.2, 0.25) is 91.2 Å². The fourth-order valence-electron chi connectivity index (χ4n) is 2.46. The Hall–Kier alpha value is 1.14. The highest BCUT2D eigenvalue weighted by atomic mass is 28.3. The molecule has 0 aliphatic carbocycles. The largest absolute Gasteiger partial charge is 0.468 e. The van der Waals surface area contributed by atoms with Gasteiger partial charge in [-0.15, -0.1) is 0 Å². The van der Waals surface area contributed by atoms with E-state index in [9.17, 15) is 0 Å². The average Bonchev–Trinajstić information content (AvgIpc) is 2.15. The summed E-state index contributed by atoms with van der Waals surface area (Å²) in [5.41, 5.74) is 0. The molecule has 0 atom stereocenters. The van der Waals surface area contributed by atoms with Crippen LogP contribution in [0.25, 0.3) is 0 Å². The molecule has 0 bridgehead atoms. The Morgan fingerprint density at radius 1 is 0.680 bits per heavy atom. The van der Waals surface area contributed by atoms with E-state index in [2.05, 4.69) is 100 Å². The van der Waals surface area contributed by atoms with Crippen LogP contribution in [-0.2, 0) is 4.12 Å². The molecule has 0 radical (unpaired) electrons. The standard InChI is InChI=1S/C11H37N3OSi5.C4H12Si/c1-18(2,3)12-11(10-17-15-16,13-19(4,5)6)14-20(7,8)9;1-5(2,3)4/h12-14H,10,17H2,1-9,16H3;1-4H3. The molecule has 0 heterocycles. The van der Waals surface area contributed by atoms with Crippen LogP contribution in [0.15, 0.2) is 0 Å². The molecule has 0 aromatic rings. The summed E-state index contributed by atoms with van der Waals surface area (Å²) in [7, 11) is -4.37. The lowest BCUT2D eigenvalue weighted by atomic mass is 10.5. The Bertz CT molecular complexity index is 323. The molecule has 0 aliphatic rings. The summed E-state index contributed by atoms with van der Waals surface area (Å²) in [6.45, 7) is 30.7. The maximum Gasteiger partial charge on any atom is 0.150 e. The van der Waals surface area contributed by atoms with E-state index < -0.39 is 42.5 Å². The second-order valence-electron chi connectivity index (χ2n) is 11.8. The van der Waals surface area contributed by atoms with E-state index >= 15 is 0 Å². The van der Waals surface area contributed by atoms with Gasteiger partial charge in [0.2, 0.25) is 0 Å². The Labute approximate surface area is 168 Å². The van der Waals surface area contributed by atoms with Gasteiger partial charge in [-0.05, 0) is 0 Å². The van der Waals surface area contributed by atoms with Crippen molar-refractivity contribution in [1.29, 1.82) is 0 Å². The monoisotopic (exact) mass is 455 g/mol. The molecule has 0 aliphatic heterocycles. The zero-order valence-electron chi connectivity index (χ0n) is 19.8. The summed E-state index contributed by atoms with van der Waals surface area (Å²) in [6, 6.07) is 1.12. The Balaban J connectivity index is 0. The van der Waals surface area contributed by atoms with E-state index in [1.54, 1.807) is 0 Å². The van der Waals surface area contributed by atoms with Crippen LogP contribution in [0.1, 0.15) is 0 Å². The van der Waals surface area contributed by atoms with Gasteiger partial charge in [-0.25, -0.2) is 0 Å². The second-order valence-corrected chi connectivity index (χ2v) is 35.2. The normalized spacial score (nSPS) is 14.8. The maximum absolute atomic E-state index is 5.64. The Morgan fingerprint density at radius 2 is 0.920 bits per heavy atom. The molecule has 154 valence electrons. The van der Waals surface area contributed by atoms with Gasteiger partial charge in [-0.1, -0.05) is 85.1 Å². The van der Waals surface area contributed by atoms with Crippen LogP contribution in [-0.4, -0.2) is 58.8 Å². The first-order valence-electron chi connectivity index (χ1n) is 9.55. The summed E-state index contributed by atoms with van der Waals surface area (Å²) in [4.78, 5) is 11.9. The van der Waals surface area contributed by atoms with Crippen molar-refractivity contribution in [3.05, 3.63) is 0 Å². The molecule has 0 saturated heterocycles.